The molecule has 0 saturated carbocycles. The first-order chi connectivity index (χ1) is 7.75. The second-order valence-electron chi connectivity index (χ2n) is 5.59. The molecule has 0 aromatic carbocycles. The summed E-state index contributed by atoms with van der Waals surface area (Å²) in [5.74, 6) is 0.0724. The minimum atomic E-state index is -0.428. The third-order valence-corrected chi connectivity index (χ3v) is 3.02. The fourth-order valence-corrected chi connectivity index (χ4v) is 1.68. The lowest BCUT2D eigenvalue weighted by molar-refractivity contribution is -0.121. The second-order valence-corrected chi connectivity index (χ2v) is 5.59. The van der Waals surface area contributed by atoms with Crippen LogP contribution in [0.15, 0.2) is 6.07 Å². The van der Waals surface area contributed by atoms with E-state index in [4.69, 9.17) is 5.73 Å². The Kier molecular flexibility index (Phi) is 4.09. The Morgan fingerprint density at radius 1 is 1.53 bits per heavy atom. The van der Waals surface area contributed by atoms with Crippen LogP contribution in [0.2, 0.25) is 0 Å². The summed E-state index contributed by atoms with van der Waals surface area (Å²) < 4.78 is 1.77. The van der Waals surface area contributed by atoms with Gasteiger partial charge in [0.2, 0.25) is 0 Å². The van der Waals surface area contributed by atoms with Gasteiger partial charge in [0.25, 0.3) is 0 Å². The molecule has 4 heteroatoms. The number of rotatable bonds is 4. The summed E-state index contributed by atoms with van der Waals surface area (Å²) >= 11 is 0. The standard InChI is InChI=1S/C13H23N3O/c1-6-9-7-10(16(5)15-9)8-11(17)12(14)13(2,3)4/h7,12H,6,8,14H2,1-5H3. The van der Waals surface area contributed by atoms with Crippen LogP contribution in [0.1, 0.15) is 39.1 Å². The molecule has 1 atom stereocenters. The molecule has 17 heavy (non-hydrogen) atoms. The van der Waals surface area contributed by atoms with E-state index in [9.17, 15) is 4.79 Å². The van der Waals surface area contributed by atoms with E-state index in [-0.39, 0.29) is 11.2 Å². The number of nitrogens with two attached hydrogens (primary N) is 1. The van der Waals surface area contributed by atoms with Crippen LogP contribution in [0.3, 0.4) is 0 Å². The van der Waals surface area contributed by atoms with Crippen molar-refractivity contribution in [3.63, 3.8) is 0 Å². The normalized spacial score (nSPS) is 13.8. The Morgan fingerprint density at radius 3 is 2.53 bits per heavy atom. The molecule has 1 rings (SSSR count). The van der Waals surface area contributed by atoms with Gasteiger partial charge in [0.15, 0.2) is 5.78 Å². The van der Waals surface area contributed by atoms with E-state index >= 15 is 0 Å². The summed E-state index contributed by atoms with van der Waals surface area (Å²) in [5, 5.41) is 4.33. The number of hydrogen-bond acceptors (Lipinski definition) is 3. The number of carbonyl (C=O) groups is 1. The van der Waals surface area contributed by atoms with Crippen molar-refractivity contribution in [3.05, 3.63) is 17.5 Å². The van der Waals surface area contributed by atoms with Gasteiger partial charge in [-0.15, -0.1) is 0 Å². The fourth-order valence-electron chi connectivity index (χ4n) is 1.68. The molecule has 0 saturated heterocycles. The first-order valence-electron chi connectivity index (χ1n) is 6.05. The maximum atomic E-state index is 12.0. The zero-order valence-electron chi connectivity index (χ0n) is 11.4. The van der Waals surface area contributed by atoms with E-state index < -0.39 is 6.04 Å². The molecule has 0 aliphatic rings. The van der Waals surface area contributed by atoms with Gasteiger partial charge in [-0.25, -0.2) is 0 Å². The summed E-state index contributed by atoms with van der Waals surface area (Å²) in [6.07, 6.45) is 1.25. The van der Waals surface area contributed by atoms with Crippen molar-refractivity contribution in [1.29, 1.82) is 0 Å². The van der Waals surface area contributed by atoms with Gasteiger partial charge in [-0.05, 0) is 17.9 Å². The maximum absolute atomic E-state index is 12.0. The van der Waals surface area contributed by atoms with Crippen molar-refractivity contribution in [2.45, 2.75) is 46.6 Å². The first kappa shape index (κ1) is 13.9. The van der Waals surface area contributed by atoms with Gasteiger partial charge in [0.05, 0.1) is 18.2 Å². The minimum absolute atomic E-state index is 0.0724. The summed E-state index contributed by atoms with van der Waals surface area (Å²) in [6.45, 7) is 8.00. The summed E-state index contributed by atoms with van der Waals surface area (Å²) in [5.41, 5.74) is 7.71. The van der Waals surface area contributed by atoms with Gasteiger partial charge in [0.1, 0.15) is 0 Å². The lowest BCUT2D eigenvalue weighted by Gasteiger charge is -2.25. The molecule has 0 spiro atoms. The number of aryl methyl sites for hydroxylation is 2. The number of aromatic nitrogens is 2. The second kappa shape index (κ2) is 5.00. The van der Waals surface area contributed by atoms with E-state index in [0.29, 0.717) is 6.42 Å². The van der Waals surface area contributed by atoms with E-state index in [2.05, 4.69) is 12.0 Å². The number of hydrogen-bond donors (Lipinski definition) is 1. The predicted molar refractivity (Wildman–Crippen MR) is 68.7 cm³/mol. The van der Waals surface area contributed by atoms with E-state index in [0.717, 1.165) is 17.8 Å². The lowest BCUT2D eigenvalue weighted by Crippen LogP contribution is -2.43. The Hall–Kier alpha value is -1.16. The van der Waals surface area contributed by atoms with Gasteiger partial charge in [-0.1, -0.05) is 27.7 Å². The average molecular weight is 237 g/mol. The summed E-state index contributed by atoms with van der Waals surface area (Å²) in [6, 6.07) is 1.55. The van der Waals surface area contributed by atoms with E-state index in [1.807, 2.05) is 33.9 Å². The molecule has 1 aromatic heterocycles. The topological polar surface area (TPSA) is 60.9 Å². The Bertz CT molecular complexity index is 401. The monoisotopic (exact) mass is 237 g/mol. The third-order valence-electron chi connectivity index (χ3n) is 3.02. The zero-order chi connectivity index (χ0) is 13.2. The molecule has 0 aliphatic heterocycles. The van der Waals surface area contributed by atoms with Crippen LogP contribution < -0.4 is 5.73 Å². The van der Waals surface area contributed by atoms with Crippen LogP contribution in [0.4, 0.5) is 0 Å². The van der Waals surface area contributed by atoms with E-state index in [1.54, 1.807) is 4.68 Å². The van der Waals surface area contributed by atoms with Crippen molar-refractivity contribution < 1.29 is 4.79 Å². The van der Waals surface area contributed by atoms with Gasteiger partial charge in [-0.3, -0.25) is 9.48 Å². The largest absolute Gasteiger partial charge is 0.321 e. The van der Waals surface area contributed by atoms with Gasteiger partial charge in [0, 0.05) is 12.7 Å². The van der Waals surface area contributed by atoms with Crippen molar-refractivity contribution >= 4 is 5.78 Å². The molecule has 2 N–H and O–H groups in total. The average Bonchev–Trinajstić information content (AvgIpc) is 2.57. The molecule has 0 bridgehead atoms. The molecular weight excluding hydrogens is 214 g/mol. The number of ketones is 1. The molecule has 4 nitrogen and oxygen atoms in total. The third kappa shape index (κ3) is 3.40. The van der Waals surface area contributed by atoms with Crippen molar-refractivity contribution in [2.75, 3.05) is 0 Å². The highest BCUT2D eigenvalue weighted by atomic mass is 16.1. The first-order valence-corrected chi connectivity index (χ1v) is 6.05. The van der Waals surface area contributed by atoms with Crippen molar-refractivity contribution in [3.8, 4) is 0 Å². The molecule has 1 unspecified atom stereocenters. The van der Waals surface area contributed by atoms with Crippen LogP contribution in [0.25, 0.3) is 0 Å². The molecular formula is C13H23N3O. The molecule has 0 fully saturated rings. The quantitative estimate of drug-likeness (QED) is 0.862. The molecule has 0 radical (unpaired) electrons. The van der Waals surface area contributed by atoms with Crippen LogP contribution in [0.5, 0.6) is 0 Å². The highest BCUT2D eigenvalue weighted by Gasteiger charge is 2.27. The van der Waals surface area contributed by atoms with Crippen LogP contribution >= 0.6 is 0 Å². The molecule has 0 aliphatic carbocycles. The smallest absolute Gasteiger partial charge is 0.155 e. The number of Topliss-reactive ketones (excluding diaryl/α,β-unsaturated/α-hetero) is 1. The molecule has 1 aromatic rings. The Morgan fingerprint density at radius 2 is 2.12 bits per heavy atom. The maximum Gasteiger partial charge on any atom is 0.155 e. The summed E-state index contributed by atoms with van der Waals surface area (Å²) in [7, 11) is 1.87. The van der Waals surface area contributed by atoms with Crippen molar-refractivity contribution in [2.24, 2.45) is 18.2 Å². The Balaban J connectivity index is 2.77. The predicted octanol–water partition coefficient (Wildman–Crippen LogP) is 1.47. The highest BCUT2D eigenvalue weighted by Crippen LogP contribution is 2.19. The number of carbonyl (C=O) groups excluding carboxylic acids is 1. The van der Waals surface area contributed by atoms with Gasteiger partial charge in [-0.2, -0.15) is 5.10 Å². The molecule has 96 valence electrons. The van der Waals surface area contributed by atoms with E-state index in [1.165, 1.54) is 0 Å². The SMILES string of the molecule is CCc1cc(CC(=O)C(N)C(C)(C)C)n(C)n1. The van der Waals surface area contributed by atoms with Crippen LogP contribution in [-0.2, 0) is 24.7 Å². The Labute approximate surface area is 103 Å². The molecule has 0 amide bonds. The lowest BCUT2D eigenvalue weighted by atomic mass is 9.84. The minimum Gasteiger partial charge on any atom is -0.321 e. The van der Waals surface area contributed by atoms with Crippen LogP contribution in [-0.4, -0.2) is 21.6 Å². The van der Waals surface area contributed by atoms with Gasteiger partial charge >= 0.3 is 0 Å². The van der Waals surface area contributed by atoms with Crippen LogP contribution in [0, 0.1) is 5.41 Å². The highest BCUT2D eigenvalue weighted by molar-refractivity contribution is 5.86. The fraction of sp³-hybridized carbons (Fsp3) is 0.692. The van der Waals surface area contributed by atoms with Gasteiger partial charge < -0.3 is 5.73 Å². The summed E-state index contributed by atoms with van der Waals surface area (Å²) in [4.78, 5) is 12.0. The number of nitrogens with zero attached hydrogens (tertiary/aromatic N) is 2. The molecule has 1 heterocycles. The van der Waals surface area contributed by atoms with Crippen molar-refractivity contribution in [1.82, 2.24) is 9.78 Å². The zero-order valence-corrected chi connectivity index (χ0v) is 11.4.